The summed E-state index contributed by atoms with van der Waals surface area (Å²) in [6, 6.07) is 15.6. The highest BCUT2D eigenvalue weighted by molar-refractivity contribution is 5.94. The number of carbonyl (C=O) groups excluding carboxylic acids is 2. The van der Waals surface area contributed by atoms with E-state index >= 15 is 0 Å². The van der Waals surface area contributed by atoms with E-state index in [9.17, 15) is 19.5 Å². The summed E-state index contributed by atoms with van der Waals surface area (Å²) in [5, 5.41) is 11.8. The van der Waals surface area contributed by atoms with Gasteiger partial charge in [-0.05, 0) is 35.1 Å². The molecule has 34 heavy (non-hydrogen) atoms. The summed E-state index contributed by atoms with van der Waals surface area (Å²) in [7, 11) is 0. The molecule has 0 spiro atoms. The largest absolute Gasteiger partial charge is 0.481 e. The Balaban J connectivity index is 1.29. The number of hydrogen-bond acceptors (Lipinski definition) is 5. The van der Waals surface area contributed by atoms with Crippen molar-refractivity contribution in [3.63, 3.8) is 0 Å². The normalized spacial score (nSPS) is 18.3. The summed E-state index contributed by atoms with van der Waals surface area (Å²) < 4.78 is 10.7. The molecule has 0 radical (unpaired) electrons. The molecule has 8 nitrogen and oxygen atoms in total. The predicted molar refractivity (Wildman–Crippen MR) is 124 cm³/mol. The van der Waals surface area contributed by atoms with Crippen molar-refractivity contribution < 1.29 is 29.0 Å². The first-order valence-corrected chi connectivity index (χ1v) is 11.2. The van der Waals surface area contributed by atoms with Gasteiger partial charge < -0.3 is 24.8 Å². The highest BCUT2D eigenvalue weighted by atomic mass is 16.5. The number of carbonyl (C=O) groups is 3. The van der Waals surface area contributed by atoms with Crippen LogP contribution in [0.4, 0.5) is 4.79 Å². The van der Waals surface area contributed by atoms with Crippen molar-refractivity contribution in [2.24, 2.45) is 5.92 Å². The average Bonchev–Trinajstić information content (AvgIpc) is 3.44. The van der Waals surface area contributed by atoms with Crippen LogP contribution in [0.3, 0.4) is 0 Å². The van der Waals surface area contributed by atoms with E-state index in [0.717, 1.165) is 22.3 Å². The van der Waals surface area contributed by atoms with E-state index in [1.807, 2.05) is 36.4 Å². The van der Waals surface area contributed by atoms with Crippen molar-refractivity contribution in [1.82, 2.24) is 10.2 Å². The summed E-state index contributed by atoms with van der Waals surface area (Å²) in [5.74, 6) is 2.77. The maximum absolute atomic E-state index is 12.5. The predicted octanol–water partition coefficient (Wildman–Crippen LogP) is 2.48. The van der Waals surface area contributed by atoms with Crippen LogP contribution in [0.15, 0.2) is 48.5 Å². The van der Waals surface area contributed by atoms with Gasteiger partial charge in [-0.3, -0.25) is 9.59 Å². The number of ether oxygens (including phenoxy) is 2. The molecule has 0 saturated carbocycles. The van der Waals surface area contributed by atoms with Gasteiger partial charge in [-0.25, -0.2) is 4.79 Å². The third-order valence-electron chi connectivity index (χ3n) is 6.23. The van der Waals surface area contributed by atoms with Crippen molar-refractivity contribution in [1.29, 1.82) is 0 Å². The molecule has 2 aromatic rings. The lowest BCUT2D eigenvalue weighted by Crippen LogP contribution is -2.46. The molecule has 4 rings (SSSR count). The second-order valence-corrected chi connectivity index (χ2v) is 8.12. The minimum Gasteiger partial charge on any atom is -0.481 e. The smallest absolute Gasteiger partial charge is 0.407 e. The van der Waals surface area contributed by atoms with Crippen LogP contribution >= 0.6 is 0 Å². The van der Waals surface area contributed by atoms with Gasteiger partial charge in [0.2, 0.25) is 0 Å². The van der Waals surface area contributed by atoms with Gasteiger partial charge in [0.05, 0.1) is 25.8 Å². The van der Waals surface area contributed by atoms with E-state index in [4.69, 9.17) is 9.47 Å². The first-order valence-electron chi connectivity index (χ1n) is 11.2. The molecule has 2 N–H and O–H groups in total. The van der Waals surface area contributed by atoms with Crippen LogP contribution in [0.5, 0.6) is 0 Å². The van der Waals surface area contributed by atoms with Crippen molar-refractivity contribution >= 4 is 18.0 Å². The molecule has 0 aromatic heterocycles. The number of amides is 2. The number of alkyl carbamates (subject to hydrolysis) is 1. The van der Waals surface area contributed by atoms with Gasteiger partial charge in [0.25, 0.3) is 5.91 Å². The first-order chi connectivity index (χ1) is 16.5. The molecule has 2 aromatic carbocycles. The van der Waals surface area contributed by atoms with Gasteiger partial charge in [0.1, 0.15) is 12.5 Å². The molecule has 8 heteroatoms. The number of hydrogen-bond donors (Lipinski definition) is 2. The average molecular weight is 463 g/mol. The maximum atomic E-state index is 12.5. The zero-order valence-corrected chi connectivity index (χ0v) is 18.8. The van der Waals surface area contributed by atoms with Gasteiger partial charge in [-0.2, -0.15) is 0 Å². The highest BCUT2D eigenvalue weighted by Gasteiger charge is 2.39. The Bertz CT molecular complexity index is 1110. The second-order valence-electron chi connectivity index (χ2n) is 8.12. The van der Waals surface area contributed by atoms with E-state index in [1.165, 1.54) is 4.90 Å². The minimum absolute atomic E-state index is 0.0419. The van der Waals surface area contributed by atoms with E-state index < -0.39 is 29.9 Å². The van der Waals surface area contributed by atoms with E-state index in [-0.39, 0.29) is 32.3 Å². The lowest BCUT2D eigenvalue weighted by atomic mass is 9.98. The fourth-order valence-electron chi connectivity index (χ4n) is 4.57. The molecule has 2 amide bonds. The molecule has 1 saturated heterocycles. The number of carboxylic acid groups (broad SMARTS) is 1. The molecule has 2 unspecified atom stereocenters. The van der Waals surface area contributed by atoms with Crippen LogP contribution in [0.2, 0.25) is 0 Å². The Hall–Kier alpha value is -3.83. The molecule has 1 heterocycles. The third-order valence-corrected chi connectivity index (χ3v) is 6.23. The van der Waals surface area contributed by atoms with Crippen molar-refractivity contribution in [2.45, 2.75) is 18.9 Å². The van der Waals surface area contributed by atoms with Gasteiger partial charge in [0, 0.05) is 12.5 Å². The monoisotopic (exact) mass is 462 g/mol. The molecular formula is C26H26N2O6. The van der Waals surface area contributed by atoms with Crippen LogP contribution in [-0.2, 0) is 19.1 Å². The van der Waals surface area contributed by atoms with Crippen LogP contribution in [0.25, 0.3) is 11.1 Å². The number of aliphatic carboxylic acids is 1. The molecule has 0 bridgehead atoms. The second kappa shape index (κ2) is 10.4. The number of benzene rings is 2. The first kappa shape index (κ1) is 23.3. The molecule has 1 fully saturated rings. The van der Waals surface area contributed by atoms with E-state index in [1.54, 1.807) is 6.92 Å². The summed E-state index contributed by atoms with van der Waals surface area (Å²) in [4.78, 5) is 37.4. The molecule has 2 aliphatic rings. The van der Waals surface area contributed by atoms with Crippen LogP contribution in [0.1, 0.15) is 24.0 Å². The van der Waals surface area contributed by atoms with E-state index in [0.29, 0.717) is 6.54 Å². The Labute approximate surface area is 197 Å². The van der Waals surface area contributed by atoms with Crippen molar-refractivity contribution in [3.8, 4) is 23.0 Å². The molecular weight excluding hydrogens is 436 g/mol. The number of rotatable bonds is 6. The summed E-state index contributed by atoms with van der Waals surface area (Å²) in [6.07, 6.45) is -0.619. The Morgan fingerprint density at radius 2 is 1.74 bits per heavy atom. The fraction of sp³-hybridized carbons (Fsp3) is 0.346. The number of likely N-dealkylation sites (N-methyl/N-ethyl adjacent to an activating group) is 1. The van der Waals surface area contributed by atoms with Crippen molar-refractivity contribution in [2.75, 3.05) is 32.9 Å². The van der Waals surface area contributed by atoms with Crippen LogP contribution in [0, 0.1) is 17.8 Å². The number of carboxylic acids is 1. The van der Waals surface area contributed by atoms with Crippen LogP contribution in [-0.4, -0.2) is 66.9 Å². The van der Waals surface area contributed by atoms with Gasteiger partial charge >= 0.3 is 12.1 Å². The molecule has 1 aliphatic heterocycles. The summed E-state index contributed by atoms with van der Waals surface area (Å²) in [5.41, 5.74) is 4.54. The topological polar surface area (TPSA) is 105 Å². The lowest BCUT2D eigenvalue weighted by molar-refractivity contribution is -0.144. The SMILES string of the molecule is CCN(C(=O)C#CCNC(=O)OCC1c2ccccc2-c2ccccc21)C1COCC1C(=O)O. The molecule has 176 valence electrons. The van der Waals surface area contributed by atoms with Crippen LogP contribution < -0.4 is 5.32 Å². The third kappa shape index (κ3) is 4.75. The number of nitrogens with one attached hydrogen (secondary N) is 1. The van der Waals surface area contributed by atoms with Gasteiger partial charge in [0.15, 0.2) is 0 Å². The van der Waals surface area contributed by atoms with E-state index in [2.05, 4.69) is 29.3 Å². The highest BCUT2D eigenvalue weighted by Crippen LogP contribution is 2.44. The quantitative estimate of drug-likeness (QED) is 0.639. The summed E-state index contributed by atoms with van der Waals surface area (Å²) in [6.45, 7) is 2.42. The maximum Gasteiger partial charge on any atom is 0.407 e. The number of nitrogens with zero attached hydrogens (tertiary/aromatic N) is 1. The summed E-state index contributed by atoms with van der Waals surface area (Å²) >= 11 is 0. The zero-order valence-electron chi connectivity index (χ0n) is 18.8. The molecule has 1 aliphatic carbocycles. The zero-order chi connectivity index (χ0) is 24.1. The standard InChI is InChI=1S/C26H26N2O6/c1-2-28(23-16-33-14-22(23)25(30)31)24(29)12-7-13-27-26(32)34-15-21-19-10-5-3-8-17(19)18-9-4-6-11-20(18)21/h3-6,8-11,21-23H,2,13-16H2,1H3,(H,27,32)(H,30,31). The lowest BCUT2D eigenvalue weighted by Gasteiger charge is -2.27. The Morgan fingerprint density at radius 3 is 2.35 bits per heavy atom. The molecule has 2 atom stereocenters. The van der Waals surface area contributed by atoms with Crippen molar-refractivity contribution in [3.05, 3.63) is 59.7 Å². The van der Waals surface area contributed by atoms with Gasteiger partial charge in [-0.1, -0.05) is 54.5 Å². The Morgan fingerprint density at radius 1 is 1.09 bits per heavy atom. The number of fused-ring (bicyclic) bond motifs is 3. The minimum atomic E-state index is -1.00. The van der Waals surface area contributed by atoms with Gasteiger partial charge in [-0.15, -0.1) is 0 Å². The fourth-order valence-corrected chi connectivity index (χ4v) is 4.57. The Kier molecular flexibility index (Phi) is 7.14.